The number of hydrogen-bond donors (Lipinski definition) is 1. The Morgan fingerprint density at radius 2 is 1.95 bits per heavy atom. The molecule has 2 aromatic carbocycles. The van der Waals surface area contributed by atoms with E-state index in [4.69, 9.17) is 4.74 Å². The molecule has 42 heavy (non-hydrogen) atoms. The van der Waals surface area contributed by atoms with Crippen molar-refractivity contribution in [3.8, 4) is 5.69 Å². The van der Waals surface area contributed by atoms with Crippen molar-refractivity contribution in [2.75, 3.05) is 5.75 Å². The zero-order valence-corrected chi connectivity index (χ0v) is 25.9. The lowest BCUT2D eigenvalue weighted by molar-refractivity contribution is -0.119. The molecule has 2 atom stereocenters. The number of carbonyl (C=O) groups excluding carboxylic acids is 1. The molecule has 0 bridgehead atoms. The number of benzene rings is 2. The molecule has 3 aromatic heterocycles. The van der Waals surface area contributed by atoms with Gasteiger partial charge in [-0.05, 0) is 61.4 Å². The van der Waals surface area contributed by atoms with E-state index in [2.05, 4.69) is 41.5 Å². The number of fused-ring (bicyclic) bond motifs is 5. The van der Waals surface area contributed by atoms with Crippen LogP contribution in [-0.4, -0.2) is 43.0 Å². The van der Waals surface area contributed by atoms with Crippen LogP contribution in [0.15, 0.2) is 64.5 Å². The predicted molar refractivity (Wildman–Crippen MR) is 169 cm³/mol. The first-order valence-electron chi connectivity index (χ1n) is 14.4. The number of aromatic nitrogens is 4. The second kappa shape index (κ2) is 12.0. The van der Waals surface area contributed by atoms with Crippen LogP contribution in [0.4, 0.5) is 0 Å². The van der Waals surface area contributed by atoms with Crippen molar-refractivity contribution in [3.63, 3.8) is 0 Å². The van der Waals surface area contributed by atoms with Crippen LogP contribution >= 0.6 is 23.1 Å². The maximum atomic E-state index is 14.2. The van der Waals surface area contributed by atoms with Gasteiger partial charge < -0.3 is 10.1 Å². The number of amides is 1. The van der Waals surface area contributed by atoms with Crippen LogP contribution in [0.2, 0.25) is 0 Å². The largest absolute Gasteiger partial charge is 0.372 e. The Hall–Kier alpha value is -3.47. The topological polar surface area (TPSA) is 90.5 Å². The highest BCUT2D eigenvalue weighted by molar-refractivity contribution is 7.99. The molecule has 8 nitrogen and oxygen atoms in total. The summed E-state index contributed by atoms with van der Waals surface area (Å²) in [6.45, 7) is 8.82. The summed E-state index contributed by atoms with van der Waals surface area (Å²) >= 11 is 2.90. The quantitative estimate of drug-likeness (QED) is 0.217. The minimum atomic E-state index is -0.0982. The predicted octanol–water partition coefficient (Wildman–Crippen LogP) is 5.73. The van der Waals surface area contributed by atoms with E-state index in [1.807, 2.05) is 60.7 Å². The molecule has 2 unspecified atom stereocenters. The van der Waals surface area contributed by atoms with Crippen LogP contribution in [0.3, 0.4) is 0 Å². The fourth-order valence-electron chi connectivity index (χ4n) is 5.51. The number of hydrogen-bond acceptors (Lipinski definition) is 7. The van der Waals surface area contributed by atoms with Crippen LogP contribution in [0, 0.1) is 12.8 Å². The number of carbonyl (C=O) groups is 1. The summed E-state index contributed by atoms with van der Waals surface area (Å²) in [4.78, 5) is 29.0. The molecule has 0 aliphatic carbocycles. The van der Waals surface area contributed by atoms with Crippen LogP contribution in [0.5, 0.6) is 0 Å². The third-order valence-electron chi connectivity index (χ3n) is 7.79. The van der Waals surface area contributed by atoms with Crippen molar-refractivity contribution in [1.82, 2.24) is 24.5 Å². The zero-order chi connectivity index (χ0) is 29.4. The Kier molecular flexibility index (Phi) is 8.20. The Morgan fingerprint density at radius 1 is 1.14 bits per heavy atom. The molecule has 0 radical (unpaired) electrons. The normalized spacial score (nSPS) is 15.8. The van der Waals surface area contributed by atoms with Crippen molar-refractivity contribution in [3.05, 3.63) is 86.5 Å². The van der Waals surface area contributed by atoms with E-state index < -0.39 is 0 Å². The molecule has 6 rings (SSSR count). The lowest BCUT2D eigenvalue weighted by atomic mass is 9.96. The van der Waals surface area contributed by atoms with Crippen molar-refractivity contribution < 1.29 is 9.53 Å². The van der Waals surface area contributed by atoms with Crippen molar-refractivity contribution in [2.45, 2.75) is 70.9 Å². The van der Waals surface area contributed by atoms with Gasteiger partial charge in [0.1, 0.15) is 4.83 Å². The van der Waals surface area contributed by atoms with Gasteiger partial charge in [-0.1, -0.05) is 68.1 Å². The molecular weight excluding hydrogens is 567 g/mol. The van der Waals surface area contributed by atoms with Crippen molar-refractivity contribution >= 4 is 45.0 Å². The number of thioether (sulfide) groups is 1. The average Bonchev–Trinajstić information content (AvgIpc) is 3.57. The van der Waals surface area contributed by atoms with Gasteiger partial charge in [-0.3, -0.25) is 9.59 Å². The Morgan fingerprint density at radius 3 is 2.71 bits per heavy atom. The summed E-state index contributed by atoms with van der Waals surface area (Å²) in [7, 11) is 0. The van der Waals surface area contributed by atoms with Gasteiger partial charge in [0, 0.05) is 17.3 Å². The highest BCUT2D eigenvalue weighted by Gasteiger charge is 2.30. The molecule has 4 heterocycles. The summed E-state index contributed by atoms with van der Waals surface area (Å²) < 4.78 is 9.76. The molecular formula is C32H35N5O3S2. The molecule has 1 amide bonds. The first-order chi connectivity index (χ1) is 20.3. The third-order valence-corrected chi connectivity index (χ3v) is 9.91. The summed E-state index contributed by atoms with van der Waals surface area (Å²) in [6, 6.07) is 18.2. The second-order valence-corrected chi connectivity index (χ2v) is 13.4. The zero-order valence-electron chi connectivity index (χ0n) is 24.3. The molecule has 1 N–H and O–H groups in total. The smallest absolute Gasteiger partial charge is 0.268 e. The Balaban J connectivity index is 1.33. The Labute approximate surface area is 253 Å². The molecule has 218 valence electrons. The van der Waals surface area contributed by atoms with Crippen LogP contribution in [0.25, 0.3) is 21.7 Å². The van der Waals surface area contributed by atoms with Gasteiger partial charge in [0.2, 0.25) is 11.7 Å². The van der Waals surface area contributed by atoms with Crippen LogP contribution < -0.4 is 10.9 Å². The van der Waals surface area contributed by atoms with Gasteiger partial charge in [-0.15, -0.1) is 21.5 Å². The number of nitrogens with one attached hydrogen (secondary N) is 1. The standard InChI is InChI=1S/C32H35N5O3S2/c1-19(2)25-16-24-26(17-40-25)42-30-28(24)29(39)36(23-12-8-9-20(3)15-23)31-34-35-32(37(30)31)41-18-27(38)33-21(4)13-14-22-10-6-5-7-11-22/h5-12,15,19,21,25H,13-14,16-18H2,1-4H3,(H,33,38). The molecule has 1 aliphatic rings. The molecule has 10 heteroatoms. The van der Waals surface area contributed by atoms with Gasteiger partial charge >= 0.3 is 0 Å². The van der Waals surface area contributed by atoms with Crippen molar-refractivity contribution in [1.29, 1.82) is 0 Å². The minimum Gasteiger partial charge on any atom is -0.372 e. The molecule has 0 spiro atoms. The van der Waals surface area contributed by atoms with Gasteiger partial charge in [-0.25, -0.2) is 8.97 Å². The summed E-state index contributed by atoms with van der Waals surface area (Å²) in [6.07, 6.45) is 2.51. The first-order valence-corrected chi connectivity index (χ1v) is 16.2. The minimum absolute atomic E-state index is 0.0459. The van der Waals surface area contributed by atoms with E-state index in [9.17, 15) is 9.59 Å². The average molecular weight is 602 g/mol. The number of nitrogens with zero attached hydrogens (tertiary/aromatic N) is 4. The van der Waals surface area contributed by atoms with E-state index in [1.165, 1.54) is 17.3 Å². The molecule has 0 saturated carbocycles. The summed E-state index contributed by atoms with van der Waals surface area (Å²) in [5.74, 6) is 0.923. The lowest BCUT2D eigenvalue weighted by Gasteiger charge is -2.26. The van der Waals surface area contributed by atoms with Gasteiger partial charge in [0.15, 0.2) is 5.16 Å². The number of rotatable bonds is 9. The van der Waals surface area contributed by atoms with Gasteiger partial charge in [0.25, 0.3) is 5.56 Å². The first kappa shape index (κ1) is 28.6. The number of ether oxygens (including phenoxy) is 1. The van der Waals surface area contributed by atoms with Crippen molar-refractivity contribution in [2.24, 2.45) is 5.92 Å². The highest BCUT2D eigenvalue weighted by Crippen LogP contribution is 2.37. The monoisotopic (exact) mass is 601 g/mol. The van der Waals surface area contributed by atoms with Crippen LogP contribution in [0.1, 0.15) is 48.8 Å². The van der Waals surface area contributed by atoms with E-state index in [0.717, 1.165) is 39.4 Å². The fourth-order valence-corrected chi connectivity index (χ4v) is 7.55. The van der Waals surface area contributed by atoms with Gasteiger partial charge in [-0.2, -0.15) is 0 Å². The van der Waals surface area contributed by atoms with E-state index in [1.54, 1.807) is 15.9 Å². The fraction of sp³-hybridized carbons (Fsp3) is 0.375. The summed E-state index contributed by atoms with van der Waals surface area (Å²) in [5, 5.41) is 13.4. The maximum absolute atomic E-state index is 14.2. The number of aryl methyl sites for hydroxylation is 2. The lowest BCUT2D eigenvalue weighted by Crippen LogP contribution is -2.34. The molecule has 5 aromatic rings. The number of thiophene rings is 1. The maximum Gasteiger partial charge on any atom is 0.268 e. The Bertz CT molecular complexity index is 1810. The van der Waals surface area contributed by atoms with E-state index in [0.29, 0.717) is 35.3 Å². The molecule has 0 fully saturated rings. The van der Waals surface area contributed by atoms with E-state index >= 15 is 0 Å². The van der Waals surface area contributed by atoms with Gasteiger partial charge in [0.05, 0.1) is 29.5 Å². The van der Waals surface area contributed by atoms with Crippen LogP contribution in [-0.2, 0) is 29.0 Å². The third kappa shape index (κ3) is 5.63. The highest BCUT2D eigenvalue weighted by atomic mass is 32.2. The SMILES string of the molecule is Cc1cccc(-n2c(=O)c3c4c(sc3n3c(SCC(=O)NC(C)CCc5ccccc5)nnc23)COC(C(C)C)C4)c1. The molecule has 1 aliphatic heterocycles. The summed E-state index contributed by atoms with van der Waals surface area (Å²) in [5.41, 5.74) is 4.01. The van der Waals surface area contributed by atoms with E-state index in [-0.39, 0.29) is 29.4 Å². The second-order valence-electron chi connectivity index (χ2n) is 11.4. The molecule has 0 saturated heterocycles.